The Morgan fingerprint density at radius 3 is 2.79 bits per heavy atom. The first-order chi connectivity index (χ1) is 16.2. The second-order valence-electron chi connectivity index (χ2n) is 7.49. The van der Waals surface area contributed by atoms with Crippen molar-refractivity contribution in [3.8, 4) is 11.3 Å². The number of hydrogen-bond acceptors (Lipinski definition) is 4. The Morgan fingerprint density at radius 2 is 2.03 bits per heavy atom. The van der Waals surface area contributed by atoms with Crippen LogP contribution in [0.25, 0.3) is 17.0 Å². The van der Waals surface area contributed by atoms with Gasteiger partial charge in [0.05, 0.1) is 11.3 Å². The van der Waals surface area contributed by atoms with E-state index in [1.165, 1.54) is 0 Å². The summed E-state index contributed by atoms with van der Waals surface area (Å²) in [6.45, 7) is 5.24. The normalized spacial score (nSPS) is 18.9. The van der Waals surface area contributed by atoms with E-state index < -0.39 is 0 Å². The fraction of sp³-hybridized carbons (Fsp3) is 0.423. The van der Waals surface area contributed by atoms with Crippen molar-refractivity contribution in [2.24, 2.45) is 0 Å². The van der Waals surface area contributed by atoms with Gasteiger partial charge < -0.3 is 9.64 Å². The molecule has 1 unspecified atom stereocenters. The highest BCUT2D eigenvalue weighted by Gasteiger charge is 2.37. The molecule has 176 valence electrons. The van der Waals surface area contributed by atoms with Crippen LogP contribution >= 0.6 is 23.4 Å². The first-order valence-corrected chi connectivity index (χ1v) is 13.0. The van der Waals surface area contributed by atoms with Gasteiger partial charge >= 0.3 is 0 Å². The Balaban J connectivity index is 0.00000149. The van der Waals surface area contributed by atoms with Gasteiger partial charge in [0.15, 0.2) is 0 Å². The zero-order valence-electron chi connectivity index (χ0n) is 19.6. The molecule has 4 rings (SSSR count). The van der Waals surface area contributed by atoms with Crippen molar-refractivity contribution in [2.45, 2.75) is 44.9 Å². The van der Waals surface area contributed by atoms with Gasteiger partial charge in [0, 0.05) is 25.8 Å². The number of amides is 1. The van der Waals surface area contributed by atoms with Crippen LogP contribution in [-0.4, -0.2) is 46.6 Å². The van der Waals surface area contributed by atoms with Crippen LogP contribution in [0.5, 0.6) is 0 Å². The molecule has 1 atom stereocenters. The summed E-state index contributed by atoms with van der Waals surface area (Å²) in [5, 5.41) is 5.27. The molecule has 2 aromatic rings. The summed E-state index contributed by atoms with van der Waals surface area (Å²) in [7, 11) is 1.68. The molecule has 2 aliphatic rings. The number of rotatable bonds is 7. The maximum Gasteiger partial charge on any atom is 0.233 e. The number of hydrogen-bond donors (Lipinski definition) is 0. The summed E-state index contributed by atoms with van der Waals surface area (Å²) in [6, 6.07) is 10.0. The molecular weight excluding hydrogens is 454 g/mol. The highest BCUT2D eigenvalue weighted by molar-refractivity contribution is 8.00. The monoisotopic (exact) mass is 485 g/mol. The predicted molar refractivity (Wildman–Crippen MR) is 138 cm³/mol. The number of aromatic nitrogens is 2. The smallest absolute Gasteiger partial charge is 0.233 e. The van der Waals surface area contributed by atoms with Crippen LogP contribution < -0.4 is 0 Å². The molecule has 2 heterocycles. The van der Waals surface area contributed by atoms with Crippen molar-refractivity contribution >= 4 is 35.0 Å². The zero-order chi connectivity index (χ0) is 23.6. The van der Waals surface area contributed by atoms with Crippen LogP contribution in [0.4, 0.5) is 0 Å². The van der Waals surface area contributed by atoms with Crippen molar-refractivity contribution in [1.29, 1.82) is 0 Å². The summed E-state index contributed by atoms with van der Waals surface area (Å²) in [6.07, 6.45) is 10.1. The lowest BCUT2D eigenvalue weighted by molar-refractivity contribution is -0.128. The number of allylic oxidation sites excluding steroid dienone is 3. The summed E-state index contributed by atoms with van der Waals surface area (Å²) in [4.78, 5) is 14.6. The molecule has 1 aliphatic heterocycles. The molecule has 5 nitrogen and oxygen atoms in total. The van der Waals surface area contributed by atoms with Gasteiger partial charge in [-0.25, -0.2) is 4.68 Å². The summed E-state index contributed by atoms with van der Waals surface area (Å²) >= 11 is 8.58. The molecular formula is C26H32ClN3O2S. The number of ether oxygens (including phenoxy) is 1. The van der Waals surface area contributed by atoms with Crippen molar-refractivity contribution < 1.29 is 9.53 Å². The van der Waals surface area contributed by atoms with Crippen LogP contribution in [0, 0.1) is 0 Å². The number of halogens is 1. The van der Waals surface area contributed by atoms with E-state index in [0.29, 0.717) is 24.1 Å². The van der Waals surface area contributed by atoms with Gasteiger partial charge in [-0.2, -0.15) is 5.10 Å². The molecule has 0 spiro atoms. The minimum Gasteiger partial charge on any atom is -0.385 e. The van der Waals surface area contributed by atoms with E-state index >= 15 is 0 Å². The molecule has 1 amide bonds. The fourth-order valence-electron chi connectivity index (χ4n) is 3.80. The molecule has 0 bridgehead atoms. The largest absolute Gasteiger partial charge is 0.385 e. The van der Waals surface area contributed by atoms with E-state index in [-0.39, 0.29) is 11.3 Å². The third-order valence-electron chi connectivity index (χ3n) is 5.35. The fourth-order valence-corrected chi connectivity index (χ4v) is 5.45. The maximum atomic E-state index is 12.7. The Hall–Kier alpha value is -2.24. The second-order valence-corrected chi connectivity index (χ2v) is 8.92. The van der Waals surface area contributed by atoms with Crippen molar-refractivity contribution in [3.05, 3.63) is 65.0 Å². The van der Waals surface area contributed by atoms with Crippen molar-refractivity contribution in [2.75, 3.05) is 26.0 Å². The number of carbonyl (C=O) groups is 1. The SMILES string of the molecule is CC.COCCCN1C(=O)CSC1c1c(-c2ccccc2)nn(C2=C=CCCC/C=C\2)c1Cl. The van der Waals surface area contributed by atoms with E-state index in [4.69, 9.17) is 21.4 Å². The molecule has 0 radical (unpaired) electrons. The third-order valence-corrected chi connectivity index (χ3v) is 6.93. The Bertz CT molecular complexity index is 1030. The van der Waals surface area contributed by atoms with Crippen molar-refractivity contribution in [3.63, 3.8) is 0 Å². The number of carbonyl (C=O) groups excluding carboxylic acids is 1. The number of nitrogens with zero attached hydrogens (tertiary/aromatic N) is 3. The van der Waals surface area contributed by atoms with Gasteiger partial charge in [0.1, 0.15) is 21.9 Å². The van der Waals surface area contributed by atoms with Crippen LogP contribution in [0.3, 0.4) is 0 Å². The minimum atomic E-state index is -0.178. The number of methoxy groups -OCH3 is 1. The van der Waals surface area contributed by atoms with E-state index in [9.17, 15) is 4.79 Å². The van der Waals surface area contributed by atoms with Gasteiger partial charge in [0.2, 0.25) is 5.91 Å². The first kappa shape index (κ1) is 25.4. The second kappa shape index (κ2) is 12.9. The zero-order valence-corrected chi connectivity index (χ0v) is 21.2. The predicted octanol–water partition coefficient (Wildman–Crippen LogP) is 6.58. The Morgan fingerprint density at radius 1 is 1.24 bits per heavy atom. The highest BCUT2D eigenvalue weighted by atomic mass is 35.5. The van der Waals surface area contributed by atoms with E-state index in [2.05, 4.69) is 11.8 Å². The molecule has 0 N–H and O–H groups in total. The van der Waals surface area contributed by atoms with Gasteiger partial charge in [-0.05, 0) is 37.8 Å². The molecule has 1 aliphatic carbocycles. The van der Waals surface area contributed by atoms with Crippen LogP contribution in [0.15, 0.2) is 54.3 Å². The molecule has 33 heavy (non-hydrogen) atoms. The molecule has 7 heteroatoms. The number of thioether (sulfide) groups is 1. The lowest BCUT2D eigenvalue weighted by Crippen LogP contribution is -2.30. The standard InChI is InChI=1S/C24H26ClN3O2S.C2H6/c1-30-16-10-15-27-20(29)17-31-24(27)21-22(18-11-6-5-7-12-18)26-28(23(21)25)19-13-8-3-2-4-9-14-19;1-2/h5-9,11-13,24H,2-4,10,15-17H2,1H3;1-2H3/b13-8-;. The average Bonchev–Trinajstić information content (AvgIpc) is 3.35. The van der Waals surface area contributed by atoms with E-state index in [1.807, 2.05) is 61.2 Å². The summed E-state index contributed by atoms with van der Waals surface area (Å²) < 4.78 is 6.95. The molecule has 0 saturated carbocycles. The summed E-state index contributed by atoms with van der Waals surface area (Å²) in [5.74, 6) is 0.564. The van der Waals surface area contributed by atoms with Crippen LogP contribution in [0.1, 0.15) is 50.5 Å². The molecule has 1 saturated heterocycles. The quantitative estimate of drug-likeness (QED) is 0.328. The highest BCUT2D eigenvalue weighted by Crippen LogP contribution is 2.46. The van der Waals surface area contributed by atoms with Crippen LogP contribution in [0.2, 0.25) is 5.15 Å². The first-order valence-electron chi connectivity index (χ1n) is 11.6. The molecule has 1 fully saturated rings. The van der Waals surface area contributed by atoms with E-state index in [1.54, 1.807) is 23.6 Å². The lowest BCUT2D eigenvalue weighted by Gasteiger charge is -2.24. The van der Waals surface area contributed by atoms with Gasteiger partial charge in [-0.1, -0.05) is 67.6 Å². The van der Waals surface area contributed by atoms with Gasteiger partial charge in [-0.15, -0.1) is 11.8 Å². The third kappa shape index (κ3) is 6.01. The maximum absolute atomic E-state index is 12.7. The van der Waals surface area contributed by atoms with E-state index in [0.717, 1.165) is 48.2 Å². The summed E-state index contributed by atoms with van der Waals surface area (Å²) in [5.41, 5.74) is 6.82. The Kier molecular flexibility index (Phi) is 9.89. The Labute approximate surface area is 206 Å². The van der Waals surface area contributed by atoms with Gasteiger partial charge in [-0.3, -0.25) is 4.79 Å². The topological polar surface area (TPSA) is 47.4 Å². The minimum absolute atomic E-state index is 0.124. The van der Waals surface area contributed by atoms with Gasteiger partial charge in [0.25, 0.3) is 0 Å². The van der Waals surface area contributed by atoms with Crippen LogP contribution in [-0.2, 0) is 9.53 Å². The average molecular weight is 486 g/mol. The number of benzene rings is 1. The molecule has 1 aromatic carbocycles. The molecule has 1 aromatic heterocycles. The lowest BCUT2D eigenvalue weighted by atomic mass is 10.1. The van der Waals surface area contributed by atoms with Crippen molar-refractivity contribution in [1.82, 2.24) is 14.7 Å².